The van der Waals surface area contributed by atoms with Gasteiger partial charge in [0.25, 0.3) is 0 Å². The zero-order valence-corrected chi connectivity index (χ0v) is 5.24. The molecule has 1 amide bonds. The molecule has 0 unspecified atom stereocenters. The second kappa shape index (κ2) is 5.53. The van der Waals surface area contributed by atoms with Crippen molar-refractivity contribution in [2.45, 2.75) is 19.3 Å². The van der Waals surface area contributed by atoms with Crippen molar-refractivity contribution in [3.05, 3.63) is 0 Å². The molecular formula is C5H13NO3. The lowest BCUT2D eigenvalue weighted by Gasteiger charge is -2.08. The van der Waals surface area contributed by atoms with Gasteiger partial charge in [-0.15, -0.1) is 0 Å². The van der Waals surface area contributed by atoms with Gasteiger partial charge < -0.3 is 16.3 Å². The van der Waals surface area contributed by atoms with Crippen molar-refractivity contribution in [1.29, 1.82) is 0 Å². The minimum Gasteiger partial charge on any atom is -0.412 e. The van der Waals surface area contributed by atoms with Crippen molar-refractivity contribution >= 4 is 5.91 Å². The number of hydrogen-bond acceptors (Lipinski definition) is 1. The molecule has 0 atom stereocenters. The highest BCUT2D eigenvalue weighted by Crippen LogP contribution is 1.98. The van der Waals surface area contributed by atoms with Crippen molar-refractivity contribution in [2.24, 2.45) is 0 Å². The first-order valence-corrected chi connectivity index (χ1v) is 2.66. The first-order chi connectivity index (χ1) is 3.39. The van der Waals surface area contributed by atoms with Crippen molar-refractivity contribution in [1.82, 2.24) is 5.32 Å². The maximum absolute atomic E-state index is 10.4. The molecular weight excluding hydrogens is 122 g/mol. The molecule has 0 aromatic carbocycles. The number of amides is 1. The van der Waals surface area contributed by atoms with Gasteiger partial charge in [-0.25, -0.2) is 0 Å². The molecule has 1 aliphatic heterocycles. The van der Waals surface area contributed by atoms with E-state index in [1.54, 1.807) is 0 Å². The number of carbonyl (C=O) groups is 1. The summed E-state index contributed by atoms with van der Waals surface area (Å²) in [6.07, 6.45) is 2.97. The Labute approximate surface area is 53.9 Å². The minimum atomic E-state index is 0. The van der Waals surface area contributed by atoms with E-state index in [9.17, 15) is 4.79 Å². The topological polar surface area (TPSA) is 92.1 Å². The molecule has 4 heteroatoms. The predicted molar refractivity (Wildman–Crippen MR) is 34.1 cm³/mol. The highest BCUT2D eigenvalue weighted by molar-refractivity contribution is 5.76. The standard InChI is InChI=1S/C5H9NO.2H2O/c7-5-3-1-2-4-6-5;;/h1-4H2,(H,6,7);2*1H2. The SMILES string of the molecule is O.O.O=C1CCCCN1. The highest BCUT2D eigenvalue weighted by atomic mass is 16.1. The lowest BCUT2D eigenvalue weighted by atomic mass is 10.2. The monoisotopic (exact) mass is 135 g/mol. The maximum atomic E-state index is 10.4. The summed E-state index contributed by atoms with van der Waals surface area (Å²) < 4.78 is 0. The third kappa shape index (κ3) is 3.93. The molecule has 4 nitrogen and oxygen atoms in total. The third-order valence-electron chi connectivity index (χ3n) is 1.15. The van der Waals surface area contributed by atoms with Crippen LogP contribution in [-0.2, 0) is 4.79 Å². The lowest BCUT2D eigenvalue weighted by molar-refractivity contribution is -0.122. The van der Waals surface area contributed by atoms with Gasteiger partial charge in [0.2, 0.25) is 5.91 Å². The van der Waals surface area contributed by atoms with Crippen LogP contribution in [-0.4, -0.2) is 23.4 Å². The maximum Gasteiger partial charge on any atom is 0.219 e. The van der Waals surface area contributed by atoms with Crippen LogP contribution in [0.25, 0.3) is 0 Å². The molecule has 0 aliphatic carbocycles. The Hall–Kier alpha value is -0.610. The van der Waals surface area contributed by atoms with E-state index in [-0.39, 0.29) is 16.9 Å². The van der Waals surface area contributed by atoms with Gasteiger partial charge in [0, 0.05) is 13.0 Å². The normalized spacial score (nSPS) is 16.7. The van der Waals surface area contributed by atoms with Gasteiger partial charge >= 0.3 is 0 Å². The molecule has 0 spiro atoms. The summed E-state index contributed by atoms with van der Waals surface area (Å²) in [5, 5.41) is 2.74. The van der Waals surface area contributed by atoms with Gasteiger partial charge in [0.15, 0.2) is 0 Å². The van der Waals surface area contributed by atoms with Crippen LogP contribution in [0.4, 0.5) is 0 Å². The largest absolute Gasteiger partial charge is 0.412 e. The quantitative estimate of drug-likeness (QED) is 0.436. The molecule has 0 radical (unpaired) electrons. The summed E-state index contributed by atoms with van der Waals surface area (Å²) in [6.45, 7) is 0.888. The van der Waals surface area contributed by atoms with Crippen molar-refractivity contribution in [3.63, 3.8) is 0 Å². The summed E-state index contributed by atoms with van der Waals surface area (Å²) in [7, 11) is 0. The summed E-state index contributed by atoms with van der Waals surface area (Å²) in [6, 6.07) is 0. The molecule has 1 heterocycles. The Morgan fingerprint density at radius 1 is 1.22 bits per heavy atom. The number of rotatable bonds is 0. The molecule has 1 fully saturated rings. The van der Waals surface area contributed by atoms with Gasteiger partial charge in [-0.05, 0) is 12.8 Å². The first-order valence-electron chi connectivity index (χ1n) is 2.66. The van der Waals surface area contributed by atoms with Crippen molar-refractivity contribution in [3.8, 4) is 0 Å². The number of nitrogens with one attached hydrogen (secondary N) is 1. The molecule has 56 valence electrons. The summed E-state index contributed by atoms with van der Waals surface area (Å²) in [5.74, 6) is 0.214. The second-order valence-corrected chi connectivity index (χ2v) is 1.81. The Morgan fingerprint density at radius 2 is 1.89 bits per heavy atom. The Kier molecular flexibility index (Phi) is 6.89. The van der Waals surface area contributed by atoms with Crippen LogP contribution in [0.15, 0.2) is 0 Å². The molecule has 1 rings (SSSR count). The van der Waals surface area contributed by atoms with Crippen molar-refractivity contribution in [2.75, 3.05) is 6.54 Å². The van der Waals surface area contributed by atoms with Crippen LogP contribution >= 0.6 is 0 Å². The van der Waals surface area contributed by atoms with Gasteiger partial charge in [-0.1, -0.05) is 0 Å². The first kappa shape index (κ1) is 11.2. The summed E-state index contributed by atoms with van der Waals surface area (Å²) in [5.41, 5.74) is 0. The van der Waals surface area contributed by atoms with E-state index in [4.69, 9.17) is 0 Å². The van der Waals surface area contributed by atoms with Gasteiger partial charge in [0.1, 0.15) is 0 Å². The van der Waals surface area contributed by atoms with E-state index < -0.39 is 0 Å². The Balaban J connectivity index is 0. The van der Waals surface area contributed by atoms with Crippen LogP contribution in [0.2, 0.25) is 0 Å². The average molecular weight is 135 g/mol. The minimum absolute atomic E-state index is 0. The molecule has 0 aromatic heterocycles. The molecule has 1 aliphatic rings. The molecule has 0 aromatic rings. The van der Waals surface area contributed by atoms with E-state index in [0.717, 1.165) is 25.8 Å². The molecule has 0 bridgehead atoms. The molecule has 0 saturated carbocycles. The van der Waals surface area contributed by atoms with Crippen LogP contribution in [0.5, 0.6) is 0 Å². The average Bonchev–Trinajstić information content (AvgIpc) is 1.69. The molecule has 9 heavy (non-hydrogen) atoms. The summed E-state index contributed by atoms with van der Waals surface area (Å²) in [4.78, 5) is 10.4. The number of carbonyl (C=O) groups excluding carboxylic acids is 1. The fourth-order valence-electron chi connectivity index (χ4n) is 0.727. The van der Waals surface area contributed by atoms with Crippen LogP contribution in [0, 0.1) is 0 Å². The van der Waals surface area contributed by atoms with Gasteiger partial charge in [-0.2, -0.15) is 0 Å². The highest BCUT2D eigenvalue weighted by Gasteiger charge is 2.04. The predicted octanol–water partition coefficient (Wildman–Crippen LogP) is -1.36. The van der Waals surface area contributed by atoms with E-state index in [1.807, 2.05) is 0 Å². The smallest absolute Gasteiger partial charge is 0.219 e. The second-order valence-electron chi connectivity index (χ2n) is 1.81. The number of piperidine rings is 1. The van der Waals surface area contributed by atoms with E-state index in [0.29, 0.717) is 0 Å². The zero-order valence-electron chi connectivity index (χ0n) is 5.24. The van der Waals surface area contributed by atoms with Gasteiger partial charge in [-0.3, -0.25) is 4.79 Å². The Bertz CT molecular complexity index is 76.3. The molecule has 1 saturated heterocycles. The van der Waals surface area contributed by atoms with Crippen LogP contribution in [0.3, 0.4) is 0 Å². The Morgan fingerprint density at radius 3 is 2.11 bits per heavy atom. The van der Waals surface area contributed by atoms with Gasteiger partial charge in [0.05, 0.1) is 0 Å². The van der Waals surface area contributed by atoms with E-state index in [2.05, 4.69) is 5.32 Å². The zero-order chi connectivity index (χ0) is 5.11. The van der Waals surface area contributed by atoms with E-state index >= 15 is 0 Å². The fourth-order valence-corrected chi connectivity index (χ4v) is 0.727. The number of hydrogen-bond donors (Lipinski definition) is 1. The summed E-state index contributed by atoms with van der Waals surface area (Å²) >= 11 is 0. The van der Waals surface area contributed by atoms with Crippen LogP contribution < -0.4 is 5.32 Å². The lowest BCUT2D eigenvalue weighted by Crippen LogP contribution is -2.28. The van der Waals surface area contributed by atoms with E-state index in [1.165, 1.54) is 0 Å². The molecule has 5 N–H and O–H groups in total. The third-order valence-corrected chi connectivity index (χ3v) is 1.15. The fraction of sp³-hybridized carbons (Fsp3) is 0.800. The van der Waals surface area contributed by atoms with Crippen LogP contribution in [0.1, 0.15) is 19.3 Å². The van der Waals surface area contributed by atoms with Crippen molar-refractivity contribution < 1.29 is 15.7 Å².